The summed E-state index contributed by atoms with van der Waals surface area (Å²) in [4.78, 5) is 0. The largest absolute Gasteiger partial charge is 0.332 e. The van der Waals surface area contributed by atoms with Crippen LogP contribution in [0, 0.1) is 0 Å². The van der Waals surface area contributed by atoms with Crippen molar-refractivity contribution < 1.29 is 13.6 Å². The zero-order valence-electron chi connectivity index (χ0n) is 20.2. The van der Waals surface area contributed by atoms with Gasteiger partial charge in [-0.25, -0.2) is 0 Å². The molecule has 4 heteroatoms. The van der Waals surface area contributed by atoms with Crippen LogP contribution in [-0.4, -0.2) is 20.3 Å². The molecule has 176 valence electrons. The Kier molecular flexibility index (Phi) is 26.6. The highest BCUT2D eigenvalue weighted by molar-refractivity contribution is 7.41. The van der Waals surface area contributed by atoms with Gasteiger partial charge in [-0.05, 0) is 12.8 Å². The van der Waals surface area contributed by atoms with Crippen LogP contribution in [0.1, 0.15) is 142 Å². The van der Waals surface area contributed by atoms with Crippen LogP contribution < -0.4 is 0 Å². The molecule has 0 saturated heterocycles. The molecule has 29 heavy (non-hydrogen) atoms. The van der Waals surface area contributed by atoms with Gasteiger partial charge in [0.05, 0.1) is 13.2 Å². The first kappa shape index (κ1) is 29.3. The van der Waals surface area contributed by atoms with E-state index in [1.807, 2.05) is 0 Å². The maximum atomic E-state index is 5.78. The minimum absolute atomic E-state index is 0.772. The quantitative estimate of drug-likeness (QED) is 0.106. The van der Waals surface area contributed by atoms with Gasteiger partial charge in [0, 0.05) is 7.11 Å². The van der Waals surface area contributed by atoms with E-state index in [1.54, 1.807) is 7.11 Å². The van der Waals surface area contributed by atoms with Gasteiger partial charge in [0.15, 0.2) is 0 Å². The van der Waals surface area contributed by atoms with Crippen molar-refractivity contribution in [3.05, 3.63) is 0 Å². The zero-order chi connectivity index (χ0) is 21.3. The molecule has 0 fully saturated rings. The topological polar surface area (TPSA) is 27.7 Å². The average molecular weight is 433 g/mol. The average Bonchev–Trinajstić information content (AvgIpc) is 2.74. The minimum atomic E-state index is -1.13. The molecule has 0 aromatic heterocycles. The summed E-state index contributed by atoms with van der Waals surface area (Å²) in [5.74, 6) is 0. The lowest BCUT2D eigenvalue weighted by Crippen LogP contribution is -1.97. The number of unbranched alkanes of at least 4 members (excludes halogenated alkanes) is 18. The van der Waals surface area contributed by atoms with Crippen LogP contribution in [0.4, 0.5) is 0 Å². The Morgan fingerprint density at radius 3 is 0.966 bits per heavy atom. The molecule has 0 heterocycles. The SMILES string of the molecule is CCCCCCCCCCCCOP(OC)OCCCCCCCCCCCC. The molecule has 0 aliphatic rings. The zero-order valence-corrected chi connectivity index (χ0v) is 21.1. The van der Waals surface area contributed by atoms with Crippen LogP contribution in [0.5, 0.6) is 0 Å². The molecule has 0 aromatic carbocycles. The predicted molar refractivity (Wildman–Crippen MR) is 130 cm³/mol. The third-order valence-corrected chi connectivity index (χ3v) is 6.62. The van der Waals surface area contributed by atoms with E-state index in [1.165, 1.54) is 116 Å². The van der Waals surface area contributed by atoms with E-state index < -0.39 is 8.60 Å². The lowest BCUT2D eigenvalue weighted by atomic mass is 10.1. The van der Waals surface area contributed by atoms with Crippen molar-refractivity contribution in [2.75, 3.05) is 20.3 Å². The van der Waals surface area contributed by atoms with Gasteiger partial charge in [-0.15, -0.1) is 0 Å². The Balaban J connectivity index is 3.27. The van der Waals surface area contributed by atoms with Crippen LogP contribution in [0.2, 0.25) is 0 Å². The normalized spacial score (nSPS) is 11.6. The van der Waals surface area contributed by atoms with Crippen molar-refractivity contribution in [2.45, 2.75) is 142 Å². The molecular formula is C25H53O3P. The van der Waals surface area contributed by atoms with Crippen molar-refractivity contribution in [1.29, 1.82) is 0 Å². The lowest BCUT2D eigenvalue weighted by Gasteiger charge is -2.14. The van der Waals surface area contributed by atoms with E-state index >= 15 is 0 Å². The smallest absolute Gasteiger partial charge is 0.316 e. The van der Waals surface area contributed by atoms with E-state index in [4.69, 9.17) is 13.6 Å². The third kappa shape index (κ3) is 24.5. The van der Waals surface area contributed by atoms with Crippen molar-refractivity contribution >= 4 is 8.60 Å². The standard InChI is InChI=1S/C25H53O3P/c1-4-6-8-10-12-14-16-18-20-22-24-27-29(26-3)28-25-23-21-19-17-15-13-11-9-7-5-2/h4-25H2,1-3H3. The third-order valence-electron chi connectivity index (χ3n) is 5.54. The van der Waals surface area contributed by atoms with E-state index in [2.05, 4.69) is 13.8 Å². The summed E-state index contributed by atoms with van der Waals surface area (Å²) in [6, 6.07) is 0. The summed E-state index contributed by atoms with van der Waals surface area (Å²) in [6.45, 7) is 6.10. The fourth-order valence-electron chi connectivity index (χ4n) is 3.60. The van der Waals surface area contributed by atoms with E-state index in [0.29, 0.717) is 0 Å². The van der Waals surface area contributed by atoms with Crippen molar-refractivity contribution in [2.24, 2.45) is 0 Å². The second-order valence-electron chi connectivity index (χ2n) is 8.44. The van der Waals surface area contributed by atoms with Gasteiger partial charge >= 0.3 is 8.60 Å². The number of rotatable bonds is 25. The van der Waals surface area contributed by atoms with Gasteiger partial charge in [-0.3, -0.25) is 0 Å². The first-order chi connectivity index (χ1) is 14.3. The summed E-state index contributed by atoms with van der Waals surface area (Å²) in [5, 5.41) is 0. The minimum Gasteiger partial charge on any atom is -0.316 e. The molecule has 0 unspecified atom stereocenters. The Hall–Kier alpha value is 0.310. The monoisotopic (exact) mass is 432 g/mol. The van der Waals surface area contributed by atoms with Crippen LogP contribution in [-0.2, 0) is 13.6 Å². The van der Waals surface area contributed by atoms with Gasteiger partial charge in [0.25, 0.3) is 0 Å². The van der Waals surface area contributed by atoms with Crippen molar-refractivity contribution in [1.82, 2.24) is 0 Å². The molecule has 0 aliphatic carbocycles. The van der Waals surface area contributed by atoms with Crippen molar-refractivity contribution in [3.63, 3.8) is 0 Å². The summed E-state index contributed by atoms with van der Waals surface area (Å²) in [5.41, 5.74) is 0. The molecule has 0 radical (unpaired) electrons. The molecule has 0 atom stereocenters. The molecule has 0 aliphatic heterocycles. The molecule has 0 aromatic rings. The number of hydrogen-bond donors (Lipinski definition) is 0. The van der Waals surface area contributed by atoms with Gasteiger partial charge in [0.1, 0.15) is 0 Å². The Morgan fingerprint density at radius 1 is 0.414 bits per heavy atom. The van der Waals surface area contributed by atoms with Gasteiger partial charge in [-0.2, -0.15) is 0 Å². The molecule has 0 rings (SSSR count). The maximum Gasteiger partial charge on any atom is 0.332 e. The van der Waals surface area contributed by atoms with Crippen LogP contribution >= 0.6 is 8.60 Å². The number of hydrogen-bond acceptors (Lipinski definition) is 3. The predicted octanol–water partition coefficient (Wildman–Crippen LogP) is 9.73. The second-order valence-corrected chi connectivity index (χ2v) is 9.77. The fourth-order valence-corrected chi connectivity index (χ4v) is 4.44. The van der Waals surface area contributed by atoms with Gasteiger partial charge < -0.3 is 13.6 Å². The maximum absolute atomic E-state index is 5.78. The molecule has 0 N–H and O–H groups in total. The summed E-state index contributed by atoms with van der Waals surface area (Å²) >= 11 is 0. The molecule has 0 amide bonds. The Labute approximate surface area is 185 Å². The lowest BCUT2D eigenvalue weighted by molar-refractivity contribution is 0.175. The highest BCUT2D eigenvalue weighted by atomic mass is 31.2. The molecule has 0 spiro atoms. The van der Waals surface area contributed by atoms with E-state index in [-0.39, 0.29) is 0 Å². The molecule has 3 nitrogen and oxygen atoms in total. The van der Waals surface area contributed by atoms with Gasteiger partial charge in [0.2, 0.25) is 0 Å². The van der Waals surface area contributed by atoms with E-state index in [0.717, 1.165) is 26.1 Å². The second kappa shape index (κ2) is 26.3. The van der Waals surface area contributed by atoms with Crippen LogP contribution in [0.25, 0.3) is 0 Å². The van der Waals surface area contributed by atoms with Crippen LogP contribution in [0.3, 0.4) is 0 Å². The highest BCUT2D eigenvalue weighted by Gasteiger charge is 2.09. The fraction of sp³-hybridized carbons (Fsp3) is 1.00. The van der Waals surface area contributed by atoms with Gasteiger partial charge in [-0.1, -0.05) is 129 Å². The van der Waals surface area contributed by atoms with E-state index in [9.17, 15) is 0 Å². The first-order valence-corrected chi connectivity index (χ1v) is 14.0. The summed E-state index contributed by atoms with van der Waals surface area (Å²) in [7, 11) is 0.566. The molecule has 0 bridgehead atoms. The van der Waals surface area contributed by atoms with Crippen molar-refractivity contribution in [3.8, 4) is 0 Å². The Bertz CT molecular complexity index is 263. The highest BCUT2D eigenvalue weighted by Crippen LogP contribution is 2.38. The molecule has 0 saturated carbocycles. The summed E-state index contributed by atoms with van der Waals surface area (Å²) in [6.07, 6.45) is 27.0. The van der Waals surface area contributed by atoms with Crippen LogP contribution in [0.15, 0.2) is 0 Å². The first-order valence-electron chi connectivity index (χ1n) is 12.9. The molecular weight excluding hydrogens is 379 g/mol. The summed E-state index contributed by atoms with van der Waals surface area (Å²) < 4.78 is 16.9. The Morgan fingerprint density at radius 2 is 0.690 bits per heavy atom.